The predicted octanol–water partition coefficient (Wildman–Crippen LogP) is 3.30. The van der Waals surface area contributed by atoms with E-state index in [1.807, 2.05) is 4.68 Å². The molecule has 1 aliphatic carbocycles. The summed E-state index contributed by atoms with van der Waals surface area (Å²) in [6, 6.07) is 0. The average molecular weight is 262 g/mol. The molecule has 1 aliphatic heterocycles. The lowest BCUT2D eigenvalue weighted by Gasteiger charge is -2.37. The van der Waals surface area contributed by atoms with Crippen LogP contribution in [0.3, 0.4) is 0 Å². The Bertz CT molecular complexity index is 443. The van der Waals surface area contributed by atoms with Crippen LogP contribution in [-0.4, -0.2) is 21.9 Å². The molecule has 0 aromatic carbocycles. The van der Waals surface area contributed by atoms with Gasteiger partial charge in [0.2, 0.25) is 0 Å². The van der Waals surface area contributed by atoms with Crippen molar-refractivity contribution in [1.29, 1.82) is 0 Å². The number of nitrogens with one attached hydrogen (secondary N) is 2. The predicted molar refractivity (Wildman–Crippen MR) is 79.7 cm³/mol. The van der Waals surface area contributed by atoms with Crippen molar-refractivity contribution in [1.82, 2.24) is 9.78 Å². The highest BCUT2D eigenvalue weighted by molar-refractivity contribution is 5.70. The van der Waals surface area contributed by atoms with Gasteiger partial charge in [-0.05, 0) is 25.7 Å². The summed E-state index contributed by atoms with van der Waals surface area (Å²) in [4.78, 5) is 0. The Morgan fingerprint density at radius 3 is 2.74 bits per heavy atom. The standard InChI is InChI=1S/C15H26N4/c1-3-7-12-13-14(19(2)18-12)17-15(10-11-16-13)8-5-4-6-9-15/h16-17H,3-11H2,1-2H3. The van der Waals surface area contributed by atoms with E-state index in [-0.39, 0.29) is 0 Å². The minimum Gasteiger partial charge on any atom is -0.380 e. The molecule has 19 heavy (non-hydrogen) atoms. The van der Waals surface area contributed by atoms with E-state index in [0.717, 1.165) is 19.4 Å². The van der Waals surface area contributed by atoms with Gasteiger partial charge in [0.25, 0.3) is 0 Å². The number of anilines is 2. The third kappa shape index (κ3) is 2.33. The van der Waals surface area contributed by atoms with E-state index in [1.165, 1.54) is 55.7 Å². The molecule has 4 heteroatoms. The molecule has 2 N–H and O–H groups in total. The number of aryl methyl sites for hydroxylation is 2. The number of fused-ring (bicyclic) bond motifs is 1. The van der Waals surface area contributed by atoms with Crippen molar-refractivity contribution in [2.24, 2.45) is 7.05 Å². The van der Waals surface area contributed by atoms with E-state index < -0.39 is 0 Å². The fourth-order valence-corrected chi connectivity index (χ4v) is 3.66. The monoisotopic (exact) mass is 262 g/mol. The van der Waals surface area contributed by atoms with E-state index in [0.29, 0.717) is 5.54 Å². The number of aromatic nitrogens is 2. The van der Waals surface area contributed by atoms with Gasteiger partial charge >= 0.3 is 0 Å². The molecule has 0 amide bonds. The Hall–Kier alpha value is -1.19. The van der Waals surface area contributed by atoms with Gasteiger partial charge in [-0.1, -0.05) is 32.6 Å². The lowest BCUT2D eigenvalue weighted by Crippen LogP contribution is -2.41. The van der Waals surface area contributed by atoms with Crippen LogP contribution in [0.5, 0.6) is 0 Å². The molecule has 0 saturated heterocycles. The average Bonchev–Trinajstić information content (AvgIpc) is 2.60. The zero-order valence-corrected chi connectivity index (χ0v) is 12.3. The van der Waals surface area contributed by atoms with E-state index >= 15 is 0 Å². The first-order valence-electron chi connectivity index (χ1n) is 7.82. The van der Waals surface area contributed by atoms with Gasteiger partial charge in [-0.25, -0.2) is 0 Å². The molecule has 1 aromatic heterocycles. The van der Waals surface area contributed by atoms with Crippen LogP contribution in [0.15, 0.2) is 0 Å². The van der Waals surface area contributed by atoms with Gasteiger partial charge in [-0.3, -0.25) is 4.68 Å². The van der Waals surface area contributed by atoms with E-state index in [1.54, 1.807) is 0 Å². The second kappa shape index (κ2) is 5.06. The van der Waals surface area contributed by atoms with Gasteiger partial charge in [0.15, 0.2) is 0 Å². The third-order valence-corrected chi connectivity index (χ3v) is 4.71. The molecule has 1 saturated carbocycles. The second-order valence-electron chi connectivity index (χ2n) is 6.19. The van der Waals surface area contributed by atoms with Crippen molar-refractivity contribution >= 4 is 11.5 Å². The lowest BCUT2D eigenvalue weighted by molar-refractivity contribution is 0.311. The van der Waals surface area contributed by atoms with Gasteiger partial charge in [-0.2, -0.15) is 5.10 Å². The Balaban J connectivity index is 1.91. The quantitative estimate of drug-likeness (QED) is 0.859. The highest BCUT2D eigenvalue weighted by Crippen LogP contribution is 2.39. The van der Waals surface area contributed by atoms with Crippen molar-refractivity contribution in [3.8, 4) is 0 Å². The summed E-state index contributed by atoms with van der Waals surface area (Å²) in [6.07, 6.45) is 10.2. The van der Waals surface area contributed by atoms with Gasteiger partial charge < -0.3 is 10.6 Å². The summed E-state index contributed by atoms with van der Waals surface area (Å²) in [5, 5.41) is 12.2. The summed E-state index contributed by atoms with van der Waals surface area (Å²) < 4.78 is 2.04. The maximum Gasteiger partial charge on any atom is 0.148 e. The smallest absolute Gasteiger partial charge is 0.148 e. The molecule has 1 aromatic rings. The summed E-state index contributed by atoms with van der Waals surface area (Å²) in [5.41, 5.74) is 2.79. The third-order valence-electron chi connectivity index (χ3n) is 4.71. The Labute approximate surface area is 116 Å². The van der Waals surface area contributed by atoms with Crippen LogP contribution in [0.4, 0.5) is 11.5 Å². The highest BCUT2D eigenvalue weighted by atomic mass is 15.3. The molecular formula is C15H26N4. The zero-order valence-electron chi connectivity index (χ0n) is 12.3. The van der Waals surface area contributed by atoms with Crippen LogP contribution >= 0.6 is 0 Å². The lowest BCUT2D eigenvalue weighted by atomic mass is 9.79. The normalized spacial score (nSPS) is 21.4. The fraction of sp³-hybridized carbons (Fsp3) is 0.800. The van der Waals surface area contributed by atoms with Gasteiger partial charge in [0.05, 0.1) is 5.69 Å². The van der Waals surface area contributed by atoms with Crippen molar-refractivity contribution in [2.45, 2.75) is 63.8 Å². The van der Waals surface area contributed by atoms with Gasteiger partial charge in [0, 0.05) is 19.1 Å². The number of hydrogen-bond donors (Lipinski definition) is 2. The molecule has 0 radical (unpaired) electrons. The first kappa shape index (κ1) is 12.8. The van der Waals surface area contributed by atoms with Crippen molar-refractivity contribution in [3.63, 3.8) is 0 Å². The molecule has 106 valence electrons. The first-order valence-corrected chi connectivity index (χ1v) is 7.82. The number of hydrogen-bond acceptors (Lipinski definition) is 3. The number of nitrogens with zero attached hydrogens (tertiary/aromatic N) is 2. The summed E-state index contributed by atoms with van der Waals surface area (Å²) in [5.74, 6) is 1.21. The highest BCUT2D eigenvalue weighted by Gasteiger charge is 2.35. The van der Waals surface area contributed by atoms with Crippen molar-refractivity contribution in [2.75, 3.05) is 17.2 Å². The summed E-state index contributed by atoms with van der Waals surface area (Å²) in [6.45, 7) is 3.29. The molecule has 4 nitrogen and oxygen atoms in total. The van der Waals surface area contributed by atoms with Crippen LogP contribution in [0.2, 0.25) is 0 Å². The van der Waals surface area contributed by atoms with E-state index in [4.69, 9.17) is 5.10 Å². The van der Waals surface area contributed by atoms with Crippen molar-refractivity contribution in [3.05, 3.63) is 5.69 Å². The molecule has 1 fully saturated rings. The Morgan fingerprint density at radius 1 is 1.21 bits per heavy atom. The molecular weight excluding hydrogens is 236 g/mol. The summed E-state index contributed by atoms with van der Waals surface area (Å²) >= 11 is 0. The maximum atomic E-state index is 4.69. The fourth-order valence-electron chi connectivity index (χ4n) is 3.66. The van der Waals surface area contributed by atoms with Crippen LogP contribution in [0.1, 0.15) is 57.6 Å². The molecule has 0 unspecified atom stereocenters. The maximum absolute atomic E-state index is 4.69. The Kier molecular flexibility index (Phi) is 3.42. The Morgan fingerprint density at radius 2 is 2.00 bits per heavy atom. The van der Waals surface area contributed by atoms with E-state index in [9.17, 15) is 0 Å². The largest absolute Gasteiger partial charge is 0.380 e. The molecule has 3 rings (SSSR count). The summed E-state index contributed by atoms with van der Waals surface area (Å²) in [7, 11) is 2.06. The van der Waals surface area contributed by atoms with Gasteiger partial charge in [-0.15, -0.1) is 0 Å². The minimum absolute atomic E-state index is 0.313. The molecule has 2 heterocycles. The molecule has 0 bridgehead atoms. The molecule has 2 aliphatic rings. The van der Waals surface area contributed by atoms with Crippen LogP contribution in [0.25, 0.3) is 0 Å². The topological polar surface area (TPSA) is 41.9 Å². The van der Waals surface area contributed by atoms with Crippen LogP contribution in [-0.2, 0) is 13.5 Å². The minimum atomic E-state index is 0.313. The van der Waals surface area contributed by atoms with Crippen LogP contribution in [0, 0.1) is 0 Å². The number of rotatable bonds is 2. The molecule has 0 atom stereocenters. The SMILES string of the molecule is CCCc1nn(C)c2c1NCCC1(CCCCC1)N2. The first-order chi connectivity index (χ1) is 9.24. The van der Waals surface area contributed by atoms with Gasteiger partial charge in [0.1, 0.15) is 11.5 Å². The second-order valence-corrected chi connectivity index (χ2v) is 6.19. The zero-order chi connectivity index (χ0) is 13.3. The van der Waals surface area contributed by atoms with Crippen molar-refractivity contribution < 1.29 is 0 Å². The molecule has 1 spiro atoms. The van der Waals surface area contributed by atoms with E-state index in [2.05, 4.69) is 24.6 Å². The van der Waals surface area contributed by atoms with Crippen LogP contribution < -0.4 is 10.6 Å².